The van der Waals surface area contributed by atoms with Crippen molar-refractivity contribution in [3.05, 3.63) is 64.7 Å². The number of carbonyl (C=O) groups excluding carboxylic acids is 1. The zero-order valence-electron chi connectivity index (χ0n) is 18.3. The first kappa shape index (κ1) is 28.1. The summed E-state index contributed by atoms with van der Waals surface area (Å²) in [6.07, 6.45) is -9.87. The van der Waals surface area contributed by atoms with Gasteiger partial charge in [-0.15, -0.1) is 0 Å². The van der Waals surface area contributed by atoms with Crippen molar-refractivity contribution in [3.63, 3.8) is 0 Å². The lowest BCUT2D eigenvalue weighted by Crippen LogP contribution is -2.46. The molecule has 0 radical (unpaired) electrons. The van der Waals surface area contributed by atoms with Crippen LogP contribution < -0.4 is 5.32 Å². The third-order valence-corrected chi connectivity index (χ3v) is 6.79. The molecule has 1 unspecified atom stereocenters. The molecule has 0 bridgehead atoms. The zero-order chi connectivity index (χ0) is 26.8. The number of benzene rings is 2. The largest absolute Gasteiger partial charge is 0.417 e. The minimum Gasteiger partial charge on any atom is -0.374 e. The number of sulfone groups is 1. The summed E-state index contributed by atoms with van der Waals surface area (Å²) in [7, 11) is -4.23. The van der Waals surface area contributed by atoms with E-state index in [4.69, 9.17) is 5.26 Å². The summed E-state index contributed by atoms with van der Waals surface area (Å²) in [5.74, 6) is -3.87. The van der Waals surface area contributed by atoms with Crippen molar-refractivity contribution in [2.75, 3.05) is 16.8 Å². The fourth-order valence-electron chi connectivity index (χ4n) is 3.31. The number of nitrogens with one attached hydrogen (secondary N) is 1. The van der Waals surface area contributed by atoms with Gasteiger partial charge in [0.15, 0.2) is 15.4 Å². The van der Waals surface area contributed by atoms with Gasteiger partial charge >= 0.3 is 12.4 Å². The minimum atomic E-state index is -4.98. The Hall–Kier alpha value is -3.11. The second kappa shape index (κ2) is 9.87. The van der Waals surface area contributed by atoms with Gasteiger partial charge in [0, 0.05) is 5.69 Å². The quantitative estimate of drug-likeness (QED) is 0.521. The van der Waals surface area contributed by atoms with E-state index in [9.17, 15) is 44.7 Å². The van der Waals surface area contributed by atoms with E-state index >= 15 is 0 Å². The molecule has 13 heteroatoms. The van der Waals surface area contributed by atoms with Crippen LogP contribution in [0.1, 0.15) is 36.1 Å². The average molecular weight is 522 g/mol. The Labute approximate surface area is 197 Å². The molecule has 6 nitrogen and oxygen atoms in total. The van der Waals surface area contributed by atoms with Gasteiger partial charge < -0.3 is 10.4 Å². The Morgan fingerprint density at radius 3 is 2.14 bits per heavy atom. The Bertz CT molecular complexity index is 1250. The molecule has 2 aromatic rings. The number of hydrogen-bond acceptors (Lipinski definition) is 5. The van der Waals surface area contributed by atoms with Crippen molar-refractivity contribution in [2.24, 2.45) is 5.92 Å². The van der Waals surface area contributed by atoms with Crippen LogP contribution >= 0.6 is 0 Å². The smallest absolute Gasteiger partial charge is 0.374 e. The fraction of sp³-hybridized carbons (Fsp3) is 0.364. The maximum absolute atomic E-state index is 13.3. The van der Waals surface area contributed by atoms with Crippen LogP contribution in [0.3, 0.4) is 0 Å². The number of amides is 1. The predicted octanol–water partition coefficient (Wildman–Crippen LogP) is 4.49. The first-order chi connectivity index (χ1) is 15.9. The Kier molecular flexibility index (Phi) is 7.93. The number of halogens is 6. The SMILES string of the molecule is CC(C)CS(=O)(=O)CC(O)(C(=O)Nc1ccc(C#N)c(C(F)(F)F)c1)c1cccc(C(F)(F)F)c1. The number of aliphatic hydroxyl groups is 1. The Morgan fingerprint density at radius 2 is 1.63 bits per heavy atom. The van der Waals surface area contributed by atoms with Gasteiger partial charge in [-0.3, -0.25) is 4.79 Å². The van der Waals surface area contributed by atoms with Crippen LogP contribution in [0.15, 0.2) is 42.5 Å². The summed E-state index contributed by atoms with van der Waals surface area (Å²) in [4.78, 5) is 13.0. The molecule has 0 spiro atoms. The van der Waals surface area contributed by atoms with Gasteiger partial charge in [0.1, 0.15) is 0 Å². The van der Waals surface area contributed by atoms with Gasteiger partial charge in [0.25, 0.3) is 5.91 Å². The highest BCUT2D eigenvalue weighted by atomic mass is 32.2. The van der Waals surface area contributed by atoms with Gasteiger partial charge in [0.05, 0.1) is 34.3 Å². The van der Waals surface area contributed by atoms with Crippen LogP contribution in [0, 0.1) is 17.2 Å². The highest BCUT2D eigenvalue weighted by Gasteiger charge is 2.44. The van der Waals surface area contributed by atoms with Gasteiger partial charge in [-0.05, 0) is 41.8 Å². The lowest BCUT2D eigenvalue weighted by Gasteiger charge is -2.28. The van der Waals surface area contributed by atoms with Crippen LogP contribution in [0.4, 0.5) is 32.0 Å². The van der Waals surface area contributed by atoms with E-state index in [1.807, 2.05) is 5.32 Å². The summed E-state index contributed by atoms with van der Waals surface area (Å²) >= 11 is 0. The molecule has 0 aliphatic heterocycles. The number of anilines is 1. The van der Waals surface area contributed by atoms with Gasteiger partial charge in [-0.2, -0.15) is 31.6 Å². The average Bonchev–Trinajstić information content (AvgIpc) is 2.71. The van der Waals surface area contributed by atoms with E-state index < -0.39 is 79.1 Å². The maximum Gasteiger partial charge on any atom is 0.417 e. The third kappa shape index (κ3) is 6.95. The lowest BCUT2D eigenvalue weighted by atomic mass is 9.93. The molecule has 0 aliphatic carbocycles. The second-order valence-electron chi connectivity index (χ2n) is 8.21. The van der Waals surface area contributed by atoms with Crippen molar-refractivity contribution in [1.29, 1.82) is 5.26 Å². The minimum absolute atomic E-state index is 0.393. The molecular weight excluding hydrogens is 502 g/mol. The van der Waals surface area contributed by atoms with Crippen molar-refractivity contribution < 1.29 is 44.7 Å². The van der Waals surface area contributed by atoms with Crippen LogP contribution in [-0.4, -0.2) is 30.9 Å². The lowest BCUT2D eigenvalue weighted by molar-refractivity contribution is -0.138. The fourth-order valence-corrected chi connectivity index (χ4v) is 5.37. The summed E-state index contributed by atoms with van der Waals surface area (Å²) in [5.41, 5.74) is -7.81. The molecule has 190 valence electrons. The van der Waals surface area contributed by atoms with Gasteiger partial charge in [-0.25, -0.2) is 8.42 Å². The molecule has 0 heterocycles. The van der Waals surface area contributed by atoms with Crippen molar-refractivity contribution in [3.8, 4) is 6.07 Å². The molecule has 0 aliphatic rings. The van der Waals surface area contributed by atoms with Crippen LogP contribution in [-0.2, 0) is 32.6 Å². The summed E-state index contributed by atoms with van der Waals surface area (Å²) in [5, 5.41) is 22.0. The Morgan fingerprint density at radius 1 is 1.03 bits per heavy atom. The molecule has 2 aromatic carbocycles. The van der Waals surface area contributed by atoms with E-state index in [-0.39, 0.29) is 0 Å². The second-order valence-corrected chi connectivity index (χ2v) is 10.3. The summed E-state index contributed by atoms with van der Waals surface area (Å²) in [6, 6.07) is 6.18. The molecule has 0 fully saturated rings. The van der Waals surface area contributed by atoms with Gasteiger partial charge in [-0.1, -0.05) is 26.0 Å². The van der Waals surface area contributed by atoms with Crippen LogP contribution in [0.5, 0.6) is 0 Å². The van der Waals surface area contributed by atoms with E-state index in [2.05, 4.69) is 0 Å². The number of carbonyl (C=O) groups is 1. The molecule has 2 rings (SSSR count). The zero-order valence-corrected chi connectivity index (χ0v) is 19.1. The van der Waals surface area contributed by atoms with Crippen LogP contribution in [0.2, 0.25) is 0 Å². The van der Waals surface area contributed by atoms with Crippen molar-refractivity contribution in [2.45, 2.75) is 31.8 Å². The van der Waals surface area contributed by atoms with E-state index in [1.54, 1.807) is 0 Å². The van der Waals surface area contributed by atoms with E-state index in [1.165, 1.54) is 19.9 Å². The van der Waals surface area contributed by atoms with E-state index in [0.717, 1.165) is 24.3 Å². The molecular formula is C22H20F6N2O4S. The van der Waals surface area contributed by atoms with Crippen molar-refractivity contribution >= 4 is 21.4 Å². The monoisotopic (exact) mass is 522 g/mol. The molecule has 1 atom stereocenters. The molecule has 0 aromatic heterocycles. The highest BCUT2D eigenvalue weighted by Crippen LogP contribution is 2.36. The number of nitrogens with zero attached hydrogens (tertiary/aromatic N) is 1. The summed E-state index contributed by atoms with van der Waals surface area (Å²) < 4.78 is 105. The topological polar surface area (TPSA) is 107 Å². The molecule has 35 heavy (non-hydrogen) atoms. The van der Waals surface area contributed by atoms with Crippen molar-refractivity contribution in [1.82, 2.24) is 0 Å². The molecule has 0 saturated heterocycles. The number of rotatable bonds is 7. The molecule has 1 amide bonds. The van der Waals surface area contributed by atoms with Gasteiger partial charge in [0.2, 0.25) is 0 Å². The maximum atomic E-state index is 13.3. The third-order valence-electron chi connectivity index (χ3n) is 4.76. The first-order valence-electron chi connectivity index (χ1n) is 9.92. The number of hydrogen-bond donors (Lipinski definition) is 2. The van der Waals surface area contributed by atoms with Crippen LogP contribution in [0.25, 0.3) is 0 Å². The molecule has 0 saturated carbocycles. The normalized spacial score (nSPS) is 14.3. The Balaban J connectivity index is 2.60. The predicted molar refractivity (Wildman–Crippen MR) is 114 cm³/mol. The van der Waals surface area contributed by atoms with E-state index in [0.29, 0.717) is 18.2 Å². The number of nitriles is 1. The summed E-state index contributed by atoms with van der Waals surface area (Å²) in [6.45, 7) is 3.05. The molecule has 2 N–H and O–H groups in total. The standard InChI is InChI=1S/C22H20F6N2O4S/c1-13(2)11-35(33,34)12-20(32,15-4-3-5-16(8-15)21(23,24)25)19(31)30-17-7-6-14(10-29)18(9-17)22(26,27)28/h3-9,13,32H,11-12H2,1-2H3,(H,30,31). The number of alkyl halides is 6. The highest BCUT2D eigenvalue weighted by molar-refractivity contribution is 7.91. The first-order valence-corrected chi connectivity index (χ1v) is 11.7.